The summed E-state index contributed by atoms with van der Waals surface area (Å²) in [6.07, 6.45) is 5.26. The zero-order valence-corrected chi connectivity index (χ0v) is 12.1. The predicted octanol–water partition coefficient (Wildman–Crippen LogP) is 3.01. The fourth-order valence-electron chi connectivity index (χ4n) is 3.05. The van der Waals surface area contributed by atoms with E-state index in [9.17, 15) is 0 Å². The molecule has 0 saturated heterocycles. The number of nitrogens with zero attached hydrogens (tertiary/aromatic N) is 3. The van der Waals surface area contributed by atoms with E-state index in [1.165, 1.54) is 16.7 Å². The highest BCUT2D eigenvalue weighted by Gasteiger charge is 2.19. The highest BCUT2D eigenvalue weighted by molar-refractivity contribution is 5.46. The maximum absolute atomic E-state index is 4.56. The van der Waals surface area contributed by atoms with E-state index in [0.29, 0.717) is 6.04 Å². The predicted molar refractivity (Wildman–Crippen MR) is 83.6 cm³/mol. The van der Waals surface area contributed by atoms with Crippen LogP contribution in [0.3, 0.4) is 0 Å². The number of hydrogen-bond donors (Lipinski definition) is 1. The highest BCUT2D eigenvalue weighted by atomic mass is 15.3. The minimum atomic E-state index is 0.415. The molecule has 1 N–H and O–H groups in total. The monoisotopic (exact) mass is 278 g/mol. The van der Waals surface area contributed by atoms with Gasteiger partial charge in [0, 0.05) is 12.2 Å². The first kappa shape index (κ1) is 12.4. The van der Waals surface area contributed by atoms with E-state index in [1.807, 2.05) is 22.8 Å². The second-order valence-electron chi connectivity index (χ2n) is 5.80. The number of pyridine rings is 1. The molecule has 2 heterocycles. The normalized spacial score (nSPS) is 17.7. The summed E-state index contributed by atoms with van der Waals surface area (Å²) in [5, 5.41) is 7.99. The van der Waals surface area contributed by atoms with E-state index >= 15 is 0 Å². The molecule has 0 amide bonds. The molecule has 1 unspecified atom stereocenters. The van der Waals surface area contributed by atoms with Gasteiger partial charge < -0.3 is 5.32 Å². The van der Waals surface area contributed by atoms with Gasteiger partial charge in [-0.15, -0.1) is 5.10 Å². The van der Waals surface area contributed by atoms with Gasteiger partial charge in [-0.2, -0.15) is 4.98 Å². The van der Waals surface area contributed by atoms with Crippen LogP contribution in [0.4, 0.5) is 5.95 Å². The number of fused-ring (bicyclic) bond motifs is 2. The summed E-state index contributed by atoms with van der Waals surface area (Å²) < 4.78 is 1.83. The molecule has 1 aromatic carbocycles. The van der Waals surface area contributed by atoms with Crippen LogP contribution in [0.5, 0.6) is 0 Å². The molecule has 4 heteroatoms. The minimum absolute atomic E-state index is 0.415. The Morgan fingerprint density at radius 3 is 2.95 bits per heavy atom. The Kier molecular flexibility index (Phi) is 2.88. The Morgan fingerprint density at radius 2 is 2.05 bits per heavy atom. The lowest BCUT2D eigenvalue weighted by atomic mass is 9.88. The van der Waals surface area contributed by atoms with Crippen LogP contribution in [0.15, 0.2) is 42.6 Å². The second kappa shape index (κ2) is 4.88. The number of benzene rings is 1. The Morgan fingerprint density at radius 1 is 1.19 bits per heavy atom. The maximum Gasteiger partial charge on any atom is 0.243 e. The molecule has 4 nitrogen and oxygen atoms in total. The molecule has 1 aliphatic carbocycles. The first-order valence-electron chi connectivity index (χ1n) is 7.44. The average molecular weight is 278 g/mol. The molecule has 1 aliphatic rings. The summed E-state index contributed by atoms with van der Waals surface area (Å²) >= 11 is 0. The summed E-state index contributed by atoms with van der Waals surface area (Å²) in [5.41, 5.74) is 5.02. The highest BCUT2D eigenvalue weighted by Crippen LogP contribution is 2.23. The minimum Gasteiger partial charge on any atom is -0.350 e. The van der Waals surface area contributed by atoms with Gasteiger partial charge >= 0.3 is 0 Å². The maximum atomic E-state index is 4.56. The molecule has 0 radical (unpaired) electrons. The van der Waals surface area contributed by atoms with Crippen LogP contribution in [0.1, 0.15) is 23.1 Å². The molecule has 106 valence electrons. The van der Waals surface area contributed by atoms with E-state index < -0.39 is 0 Å². The van der Waals surface area contributed by atoms with Crippen LogP contribution in [0, 0.1) is 6.92 Å². The molecule has 1 atom stereocenters. The van der Waals surface area contributed by atoms with Crippen molar-refractivity contribution in [2.45, 2.75) is 32.2 Å². The quantitative estimate of drug-likeness (QED) is 0.783. The fourth-order valence-corrected chi connectivity index (χ4v) is 3.05. The zero-order valence-electron chi connectivity index (χ0n) is 12.1. The first-order chi connectivity index (χ1) is 10.3. The number of nitrogens with one attached hydrogen (secondary N) is 1. The molecule has 0 saturated carbocycles. The summed E-state index contributed by atoms with van der Waals surface area (Å²) in [4.78, 5) is 4.56. The van der Waals surface area contributed by atoms with Gasteiger partial charge in [0.2, 0.25) is 5.95 Å². The number of hydrogen-bond acceptors (Lipinski definition) is 3. The van der Waals surface area contributed by atoms with Crippen molar-refractivity contribution < 1.29 is 0 Å². The van der Waals surface area contributed by atoms with E-state index in [2.05, 4.69) is 46.6 Å². The molecule has 21 heavy (non-hydrogen) atoms. The summed E-state index contributed by atoms with van der Waals surface area (Å²) in [7, 11) is 0. The van der Waals surface area contributed by atoms with Gasteiger partial charge in [-0.3, -0.25) is 0 Å². The third-order valence-corrected chi connectivity index (χ3v) is 4.17. The fraction of sp³-hybridized carbons (Fsp3) is 0.294. The molecule has 0 bridgehead atoms. The lowest BCUT2D eigenvalue weighted by molar-refractivity contribution is 0.606. The molecule has 2 aromatic heterocycles. The van der Waals surface area contributed by atoms with Crippen molar-refractivity contribution >= 4 is 11.6 Å². The third kappa shape index (κ3) is 2.37. The van der Waals surface area contributed by atoms with Gasteiger partial charge in [0.1, 0.15) is 0 Å². The van der Waals surface area contributed by atoms with Crippen molar-refractivity contribution in [1.82, 2.24) is 14.6 Å². The SMILES string of the molecule is Cc1ccn2nc(NC3CCc4ccccc4C3)nc2c1. The largest absolute Gasteiger partial charge is 0.350 e. The molecule has 0 fully saturated rings. The third-order valence-electron chi connectivity index (χ3n) is 4.17. The molecule has 0 aliphatic heterocycles. The van der Waals surface area contributed by atoms with Crippen molar-refractivity contribution in [2.24, 2.45) is 0 Å². The molecule has 3 aromatic rings. The lowest BCUT2D eigenvalue weighted by Crippen LogP contribution is -2.27. The van der Waals surface area contributed by atoms with Gasteiger partial charge in [0.15, 0.2) is 5.65 Å². The topological polar surface area (TPSA) is 42.2 Å². The Bertz CT molecular complexity index is 790. The second-order valence-corrected chi connectivity index (χ2v) is 5.80. The smallest absolute Gasteiger partial charge is 0.243 e. The van der Waals surface area contributed by atoms with Crippen LogP contribution in [-0.4, -0.2) is 20.6 Å². The molecular weight excluding hydrogens is 260 g/mol. The van der Waals surface area contributed by atoms with Crippen LogP contribution < -0.4 is 5.32 Å². The molecule has 4 rings (SSSR count). The van der Waals surface area contributed by atoms with E-state index in [-0.39, 0.29) is 0 Å². The number of aryl methyl sites for hydroxylation is 2. The lowest BCUT2D eigenvalue weighted by Gasteiger charge is -2.24. The van der Waals surface area contributed by atoms with Gasteiger partial charge in [-0.1, -0.05) is 24.3 Å². The summed E-state index contributed by atoms with van der Waals surface area (Å²) in [6.45, 7) is 2.07. The molecular formula is C17H18N4. The Hall–Kier alpha value is -2.36. The summed E-state index contributed by atoms with van der Waals surface area (Å²) in [5.74, 6) is 0.727. The van der Waals surface area contributed by atoms with Crippen molar-refractivity contribution in [3.63, 3.8) is 0 Å². The number of rotatable bonds is 2. The van der Waals surface area contributed by atoms with Crippen molar-refractivity contribution in [2.75, 3.05) is 5.32 Å². The number of aromatic nitrogens is 3. The average Bonchev–Trinajstić information content (AvgIpc) is 2.88. The van der Waals surface area contributed by atoms with Crippen LogP contribution >= 0.6 is 0 Å². The van der Waals surface area contributed by atoms with Crippen LogP contribution in [0.2, 0.25) is 0 Å². The van der Waals surface area contributed by atoms with Crippen molar-refractivity contribution in [3.8, 4) is 0 Å². The Balaban J connectivity index is 1.55. The molecule has 0 spiro atoms. The summed E-state index contributed by atoms with van der Waals surface area (Å²) in [6, 6.07) is 13.2. The van der Waals surface area contributed by atoms with Gasteiger partial charge in [0.05, 0.1) is 0 Å². The Labute approximate surface area is 123 Å². The van der Waals surface area contributed by atoms with E-state index in [4.69, 9.17) is 0 Å². The van der Waals surface area contributed by atoms with E-state index in [1.54, 1.807) is 0 Å². The van der Waals surface area contributed by atoms with Crippen molar-refractivity contribution in [1.29, 1.82) is 0 Å². The number of anilines is 1. The first-order valence-corrected chi connectivity index (χ1v) is 7.44. The van der Waals surface area contributed by atoms with Crippen molar-refractivity contribution in [3.05, 3.63) is 59.3 Å². The van der Waals surface area contributed by atoms with Gasteiger partial charge in [-0.25, -0.2) is 4.52 Å². The van der Waals surface area contributed by atoms with Crippen LogP contribution in [0.25, 0.3) is 5.65 Å². The van der Waals surface area contributed by atoms with Crippen LogP contribution in [-0.2, 0) is 12.8 Å². The van der Waals surface area contributed by atoms with E-state index in [0.717, 1.165) is 30.9 Å². The van der Waals surface area contributed by atoms with Gasteiger partial charge in [0.25, 0.3) is 0 Å². The standard InChI is InChI=1S/C17H18N4/c1-12-8-9-21-16(10-12)19-17(20-21)18-15-7-6-13-4-2-3-5-14(13)11-15/h2-5,8-10,15H,6-7,11H2,1H3,(H,18,20). The van der Waals surface area contributed by atoms with Gasteiger partial charge in [-0.05, 0) is 55.0 Å². The zero-order chi connectivity index (χ0) is 14.2.